The quantitative estimate of drug-likeness (QED) is 0.841. The molecule has 96 valence electrons. The molecule has 1 aromatic carbocycles. The number of carbonyl (C=O) groups excluding carboxylic acids is 1. The number of aliphatic hydroxyl groups excluding tert-OH is 1. The first-order valence-corrected chi connectivity index (χ1v) is 5.49. The van der Waals surface area contributed by atoms with E-state index in [-0.39, 0.29) is 6.61 Å². The van der Waals surface area contributed by atoms with Gasteiger partial charge in [-0.2, -0.15) is 5.26 Å². The number of nitrogens with zero attached hydrogens (tertiary/aromatic N) is 1. The van der Waals surface area contributed by atoms with Crippen LogP contribution in [0, 0.1) is 11.3 Å². The summed E-state index contributed by atoms with van der Waals surface area (Å²) in [4.78, 5) is 11.5. The van der Waals surface area contributed by atoms with Gasteiger partial charge in [0.05, 0.1) is 18.2 Å². The van der Waals surface area contributed by atoms with Gasteiger partial charge in [0.1, 0.15) is 5.60 Å². The Morgan fingerprint density at radius 3 is 2.61 bits per heavy atom. The van der Waals surface area contributed by atoms with E-state index >= 15 is 0 Å². The molecule has 0 unspecified atom stereocenters. The molecule has 0 atom stereocenters. The summed E-state index contributed by atoms with van der Waals surface area (Å²) in [6.45, 7) is 5.09. The highest BCUT2D eigenvalue weighted by atomic mass is 16.6. The molecule has 5 heteroatoms. The van der Waals surface area contributed by atoms with Crippen LogP contribution >= 0.6 is 0 Å². The van der Waals surface area contributed by atoms with Crippen LogP contribution in [0.3, 0.4) is 0 Å². The van der Waals surface area contributed by atoms with Crippen molar-refractivity contribution in [2.24, 2.45) is 0 Å². The molecular formula is C13H16N2O3. The number of amides is 1. The zero-order valence-corrected chi connectivity index (χ0v) is 10.7. The Labute approximate surface area is 106 Å². The number of benzene rings is 1. The normalized spacial score (nSPS) is 10.6. The average Bonchev–Trinajstić information content (AvgIpc) is 2.25. The number of carbonyl (C=O) groups is 1. The fourth-order valence-electron chi connectivity index (χ4n) is 1.34. The zero-order valence-electron chi connectivity index (χ0n) is 10.7. The minimum atomic E-state index is -0.596. The highest BCUT2D eigenvalue weighted by Crippen LogP contribution is 2.16. The van der Waals surface area contributed by atoms with E-state index in [1.54, 1.807) is 32.9 Å². The predicted octanol–water partition coefficient (Wildman–Crippen LogP) is 2.40. The first-order valence-electron chi connectivity index (χ1n) is 5.49. The number of aliphatic hydroxyl groups is 1. The maximum atomic E-state index is 11.5. The van der Waals surface area contributed by atoms with Crippen molar-refractivity contribution in [2.45, 2.75) is 33.0 Å². The lowest BCUT2D eigenvalue weighted by atomic mass is 10.1. The smallest absolute Gasteiger partial charge is 0.412 e. The molecule has 1 aromatic rings. The summed E-state index contributed by atoms with van der Waals surface area (Å²) in [6, 6.07) is 6.62. The van der Waals surface area contributed by atoms with E-state index in [0.29, 0.717) is 16.8 Å². The van der Waals surface area contributed by atoms with Gasteiger partial charge in [-0.05, 0) is 44.5 Å². The number of ether oxygens (including phenoxy) is 1. The molecule has 1 rings (SSSR count). The van der Waals surface area contributed by atoms with E-state index in [9.17, 15) is 4.79 Å². The number of rotatable bonds is 2. The van der Waals surface area contributed by atoms with E-state index in [2.05, 4.69) is 5.32 Å². The van der Waals surface area contributed by atoms with Crippen molar-refractivity contribution >= 4 is 11.8 Å². The minimum Gasteiger partial charge on any atom is -0.444 e. The van der Waals surface area contributed by atoms with Crippen LogP contribution in [0.5, 0.6) is 0 Å². The Hall–Kier alpha value is -2.06. The molecule has 0 aliphatic heterocycles. The molecule has 0 aliphatic rings. The van der Waals surface area contributed by atoms with E-state index in [1.807, 2.05) is 6.07 Å². The average molecular weight is 248 g/mol. The molecular weight excluding hydrogens is 232 g/mol. The second-order valence-corrected chi connectivity index (χ2v) is 4.82. The van der Waals surface area contributed by atoms with Gasteiger partial charge in [0.25, 0.3) is 0 Å². The van der Waals surface area contributed by atoms with Gasteiger partial charge in [0.15, 0.2) is 0 Å². The zero-order chi connectivity index (χ0) is 13.8. The lowest BCUT2D eigenvalue weighted by molar-refractivity contribution is 0.0636. The number of nitrogens with one attached hydrogen (secondary N) is 1. The molecule has 0 bridgehead atoms. The van der Waals surface area contributed by atoms with Gasteiger partial charge in [-0.1, -0.05) is 0 Å². The first-order chi connectivity index (χ1) is 8.34. The number of anilines is 1. The molecule has 0 aromatic heterocycles. The molecule has 0 saturated carbocycles. The molecule has 0 saturated heterocycles. The SMILES string of the molecule is CC(C)(C)OC(=O)Nc1cc(C#N)cc(CO)c1. The summed E-state index contributed by atoms with van der Waals surface area (Å²) in [6.07, 6.45) is -0.596. The van der Waals surface area contributed by atoms with Gasteiger partial charge >= 0.3 is 6.09 Å². The van der Waals surface area contributed by atoms with Crippen LogP contribution in [0.2, 0.25) is 0 Å². The van der Waals surface area contributed by atoms with Crippen molar-refractivity contribution in [3.05, 3.63) is 29.3 Å². The van der Waals surface area contributed by atoms with Gasteiger partial charge in [-0.15, -0.1) is 0 Å². The number of hydrogen-bond donors (Lipinski definition) is 2. The Kier molecular flexibility index (Phi) is 4.29. The van der Waals surface area contributed by atoms with Crippen molar-refractivity contribution in [1.29, 1.82) is 5.26 Å². The molecule has 2 N–H and O–H groups in total. The highest BCUT2D eigenvalue weighted by Gasteiger charge is 2.16. The van der Waals surface area contributed by atoms with E-state index in [1.165, 1.54) is 6.07 Å². The molecule has 0 heterocycles. The largest absolute Gasteiger partial charge is 0.444 e. The lowest BCUT2D eigenvalue weighted by Crippen LogP contribution is -2.27. The van der Waals surface area contributed by atoms with E-state index < -0.39 is 11.7 Å². The lowest BCUT2D eigenvalue weighted by Gasteiger charge is -2.19. The topological polar surface area (TPSA) is 82.3 Å². The summed E-state index contributed by atoms with van der Waals surface area (Å²) in [7, 11) is 0. The molecule has 18 heavy (non-hydrogen) atoms. The maximum absolute atomic E-state index is 11.5. The number of nitriles is 1. The Bertz CT molecular complexity index is 484. The van der Waals surface area contributed by atoms with Crippen LogP contribution in [0.1, 0.15) is 31.9 Å². The van der Waals surface area contributed by atoms with Crippen LogP contribution in [-0.2, 0) is 11.3 Å². The van der Waals surface area contributed by atoms with E-state index in [4.69, 9.17) is 15.1 Å². The third kappa shape index (κ3) is 4.44. The second kappa shape index (κ2) is 5.52. The third-order valence-corrected chi connectivity index (χ3v) is 1.95. The van der Waals surface area contributed by atoms with Gasteiger partial charge in [-0.25, -0.2) is 4.79 Å². The molecule has 0 radical (unpaired) electrons. The van der Waals surface area contributed by atoms with Crippen molar-refractivity contribution in [1.82, 2.24) is 0 Å². The van der Waals surface area contributed by atoms with Crippen molar-refractivity contribution < 1.29 is 14.6 Å². The molecule has 5 nitrogen and oxygen atoms in total. The van der Waals surface area contributed by atoms with Crippen LogP contribution in [-0.4, -0.2) is 16.8 Å². The van der Waals surface area contributed by atoms with Gasteiger partial charge < -0.3 is 9.84 Å². The summed E-state index contributed by atoms with van der Waals surface area (Å²) in [5.41, 5.74) is 0.761. The minimum absolute atomic E-state index is 0.196. The number of hydrogen-bond acceptors (Lipinski definition) is 4. The summed E-state index contributed by atoms with van der Waals surface area (Å²) >= 11 is 0. The molecule has 1 amide bonds. The van der Waals surface area contributed by atoms with Crippen LogP contribution in [0.4, 0.5) is 10.5 Å². The fourth-order valence-corrected chi connectivity index (χ4v) is 1.34. The van der Waals surface area contributed by atoms with Gasteiger partial charge in [0, 0.05) is 5.69 Å². The Balaban J connectivity index is 2.85. The fraction of sp³-hybridized carbons (Fsp3) is 0.385. The van der Waals surface area contributed by atoms with Gasteiger partial charge in [0.2, 0.25) is 0 Å². The van der Waals surface area contributed by atoms with Crippen molar-refractivity contribution in [3.63, 3.8) is 0 Å². The van der Waals surface area contributed by atoms with Crippen molar-refractivity contribution in [3.8, 4) is 6.07 Å². The van der Waals surface area contributed by atoms with E-state index in [0.717, 1.165) is 0 Å². The Morgan fingerprint density at radius 1 is 1.44 bits per heavy atom. The first kappa shape index (κ1) is 14.0. The molecule has 0 spiro atoms. The monoisotopic (exact) mass is 248 g/mol. The highest BCUT2D eigenvalue weighted by molar-refractivity contribution is 5.85. The predicted molar refractivity (Wildman–Crippen MR) is 66.9 cm³/mol. The molecule has 0 fully saturated rings. The maximum Gasteiger partial charge on any atom is 0.412 e. The van der Waals surface area contributed by atoms with Crippen LogP contribution in [0.15, 0.2) is 18.2 Å². The summed E-state index contributed by atoms with van der Waals surface area (Å²) in [5.74, 6) is 0. The summed E-state index contributed by atoms with van der Waals surface area (Å²) < 4.78 is 5.09. The van der Waals surface area contributed by atoms with Crippen LogP contribution in [0.25, 0.3) is 0 Å². The molecule has 0 aliphatic carbocycles. The van der Waals surface area contributed by atoms with Crippen molar-refractivity contribution in [2.75, 3.05) is 5.32 Å². The van der Waals surface area contributed by atoms with Gasteiger partial charge in [-0.3, -0.25) is 5.32 Å². The second-order valence-electron chi connectivity index (χ2n) is 4.82. The summed E-state index contributed by atoms with van der Waals surface area (Å²) in [5, 5.41) is 20.4. The van der Waals surface area contributed by atoms with Crippen LogP contribution < -0.4 is 5.32 Å². The standard InChI is InChI=1S/C13H16N2O3/c1-13(2,3)18-12(17)15-11-5-9(7-14)4-10(6-11)8-16/h4-6,16H,8H2,1-3H3,(H,15,17). The Morgan fingerprint density at radius 2 is 2.11 bits per heavy atom. The third-order valence-electron chi connectivity index (χ3n) is 1.95.